The van der Waals surface area contributed by atoms with E-state index in [-0.39, 0.29) is 5.91 Å². The van der Waals surface area contributed by atoms with Crippen molar-refractivity contribution in [3.63, 3.8) is 0 Å². The van der Waals surface area contributed by atoms with Crippen LogP contribution < -0.4 is 10.1 Å². The summed E-state index contributed by atoms with van der Waals surface area (Å²) in [5.41, 5.74) is 3.57. The number of nitrogens with zero attached hydrogens (tertiary/aromatic N) is 2. The summed E-state index contributed by atoms with van der Waals surface area (Å²) in [5, 5.41) is 3.11. The van der Waals surface area contributed by atoms with E-state index in [0.717, 1.165) is 29.7 Å². The van der Waals surface area contributed by atoms with Crippen LogP contribution in [0.5, 0.6) is 5.75 Å². The first-order valence-corrected chi connectivity index (χ1v) is 9.16. The number of benzene rings is 1. The average Bonchev–Trinajstić information content (AvgIpc) is 3.30. The maximum Gasteiger partial charge on any atom is 0.251 e. The summed E-state index contributed by atoms with van der Waals surface area (Å²) in [7, 11) is 0. The van der Waals surface area contributed by atoms with Gasteiger partial charge in [-0.1, -0.05) is 25.0 Å². The first kappa shape index (κ1) is 16.6. The molecule has 5 heteroatoms. The molecule has 0 bridgehead atoms. The Labute approximate surface area is 153 Å². The molecule has 5 nitrogen and oxygen atoms in total. The van der Waals surface area contributed by atoms with Crippen LogP contribution in [0.2, 0.25) is 0 Å². The molecule has 1 aliphatic carbocycles. The number of aryl methyl sites for hydroxylation is 1. The minimum atomic E-state index is -0.0225. The van der Waals surface area contributed by atoms with E-state index in [1.165, 1.54) is 12.8 Å². The summed E-state index contributed by atoms with van der Waals surface area (Å²) in [6, 6.07) is 11.7. The van der Waals surface area contributed by atoms with Crippen LogP contribution in [0.1, 0.15) is 47.3 Å². The van der Waals surface area contributed by atoms with Crippen molar-refractivity contribution in [2.45, 2.75) is 45.3 Å². The van der Waals surface area contributed by atoms with E-state index in [0.29, 0.717) is 24.0 Å². The Hall–Kier alpha value is -2.82. The molecule has 1 aliphatic rings. The van der Waals surface area contributed by atoms with Crippen LogP contribution in [0.3, 0.4) is 0 Å². The third-order valence-corrected chi connectivity index (χ3v) is 4.90. The van der Waals surface area contributed by atoms with Gasteiger partial charge in [0.05, 0.1) is 5.69 Å². The molecule has 2 aromatic heterocycles. The maximum absolute atomic E-state index is 12.4. The van der Waals surface area contributed by atoms with Gasteiger partial charge < -0.3 is 14.5 Å². The average molecular weight is 349 g/mol. The van der Waals surface area contributed by atoms with Crippen molar-refractivity contribution in [3.8, 4) is 5.75 Å². The lowest BCUT2D eigenvalue weighted by atomic mass is 10.1. The van der Waals surface area contributed by atoms with Crippen molar-refractivity contribution in [1.29, 1.82) is 0 Å². The van der Waals surface area contributed by atoms with Gasteiger partial charge in [0, 0.05) is 24.0 Å². The van der Waals surface area contributed by atoms with E-state index in [2.05, 4.69) is 10.3 Å². The first-order chi connectivity index (χ1) is 12.7. The number of rotatable bonds is 5. The van der Waals surface area contributed by atoms with Crippen molar-refractivity contribution in [1.82, 2.24) is 14.7 Å². The highest BCUT2D eigenvalue weighted by Crippen LogP contribution is 2.20. The molecule has 0 unspecified atom stereocenters. The molecule has 1 aromatic carbocycles. The smallest absolute Gasteiger partial charge is 0.251 e. The van der Waals surface area contributed by atoms with E-state index < -0.39 is 0 Å². The van der Waals surface area contributed by atoms with Crippen LogP contribution in [0.15, 0.2) is 48.8 Å². The molecule has 0 saturated heterocycles. The number of carbonyl (C=O) groups is 1. The molecule has 0 atom stereocenters. The van der Waals surface area contributed by atoms with Gasteiger partial charge in [0.15, 0.2) is 0 Å². The van der Waals surface area contributed by atoms with Gasteiger partial charge in [0.1, 0.15) is 18.0 Å². The summed E-state index contributed by atoms with van der Waals surface area (Å²) < 4.78 is 7.87. The highest BCUT2D eigenvalue weighted by atomic mass is 16.5. The highest BCUT2D eigenvalue weighted by molar-refractivity contribution is 5.94. The summed E-state index contributed by atoms with van der Waals surface area (Å²) in [5.74, 6) is 0.656. The number of hydrogen-bond donors (Lipinski definition) is 1. The zero-order valence-corrected chi connectivity index (χ0v) is 14.9. The van der Waals surface area contributed by atoms with Crippen molar-refractivity contribution in [2.24, 2.45) is 0 Å². The molecule has 0 aliphatic heterocycles. The van der Waals surface area contributed by atoms with Crippen LogP contribution >= 0.6 is 0 Å². The van der Waals surface area contributed by atoms with Gasteiger partial charge in [-0.05, 0) is 49.6 Å². The number of ether oxygens (including phenoxy) is 1. The molecule has 3 aromatic rings. The van der Waals surface area contributed by atoms with Crippen LogP contribution in [-0.4, -0.2) is 21.3 Å². The van der Waals surface area contributed by atoms with Crippen molar-refractivity contribution < 1.29 is 9.53 Å². The lowest BCUT2D eigenvalue weighted by Crippen LogP contribution is -2.32. The SMILES string of the molecule is Cc1cccn2cc(COc3cccc(C(=O)NC4CCCC4)c3)nc12. The lowest BCUT2D eigenvalue weighted by Gasteiger charge is -2.12. The fourth-order valence-corrected chi connectivity index (χ4v) is 3.50. The predicted octanol–water partition coefficient (Wildman–Crippen LogP) is 3.89. The monoisotopic (exact) mass is 349 g/mol. The lowest BCUT2D eigenvalue weighted by molar-refractivity contribution is 0.0937. The number of imidazole rings is 1. The molecule has 1 saturated carbocycles. The molecule has 2 heterocycles. The minimum Gasteiger partial charge on any atom is -0.487 e. The van der Waals surface area contributed by atoms with Gasteiger partial charge in [-0.25, -0.2) is 4.98 Å². The number of fused-ring (bicyclic) bond motifs is 1. The number of aromatic nitrogens is 2. The standard InChI is InChI=1S/C21H23N3O2/c1-15-6-5-11-24-13-18(22-20(15)24)14-26-19-10-4-7-16(12-19)21(25)23-17-8-2-3-9-17/h4-7,10-13,17H,2-3,8-9,14H2,1H3,(H,23,25). The molecular weight excluding hydrogens is 326 g/mol. The molecule has 26 heavy (non-hydrogen) atoms. The number of carbonyl (C=O) groups excluding carboxylic acids is 1. The Kier molecular flexibility index (Phi) is 4.61. The Balaban J connectivity index is 1.42. The summed E-state index contributed by atoms with van der Waals surface area (Å²) in [4.78, 5) is 17.0. The fraction of sp³-hybridized carbons (Fsp3) is 0.333. The minimum absolute atomic E-state index is 0.0225. The number of amides is 1. The van der Waals surface area contributed by atoms with E-state index in [4.69, 9.17) is 4.74 Å². The third kappa shape index (κ3) is 3.57. The normalized spacial score (nSPS) is 14.7. The van der Waals surface area contributed by atoms with Crippen LogP contribution in [0, 0.1) is 6.92 Å². The van der Waals surface area contributed by atoms with Crippen LogP contribution in [0.25, 0.3) is 5.65 Å². The van der Waals surface area contributed by atoms with Gasteiger partial charge >= 0.3 is 0 Å². The summed E-state index contributed by atoms with van der Waals surface area (Å²) >= 11 is 0. The highest BCUT2D eigenvalue weighted by Gasteiger charge is 2.18. The van der Waals surface area contributed by atoms with Crippen molar-refractivity contribution >= 4 is 11.6 Å². The second-order valence-corrected chi connectivity index (χ2v) is 6.93. The Morgan fingerprint density at radius 1 is 1.27 bits per heavy atom. The number of pyridine rings is 1. The maximum atomic E-state index is 12.4. The first-order valence-electron chi connectivity index (χ1n) is 9.16. The Morgan fingerprint density at radius 2 is 2.12 bits per heavy atom. The molecule has 0 spiro atoms. The van der Waals surface area contributed by atoms with E-state index in [1.807, 2.05) is 54.0 Å². The molecule has 1 N–H and O–H groups in total. The zero-order chi connectivity index (χ0) is 17.9. The molecule has 1 fully saturated rings. The van der Waals surface area contributed by atoms with E-state index in [1.54, 1.807) is 6.07 Å². The van der Waals surface area contributed by atoms with Gasteiger partial charge in [0.2, 0.25) is 0 Å². The van der Waals surface area contributed by atoms with Crippen molar-refractivity contribution in [3.05, 3.63) is 65.6 Å². The van der Waals surface area contributed by atoms with Crippen molar-refractivity contribution in [2.75, 3.05) is 0 Å². The van der Waals surface area contributed by atoms with Gasteiger partial charge in [0.25, 0.3) is 5.91 Å². The number of hydrogen-bond acceptors (Lipinski definition) is 3. The van der Waals surface area contributed by atoms with Crippen LogP contribution in [-0.2, 0) is 6.61 Å². The third-order valence-electron chi connectivity index (χ3n) is 4.90. The van der Waals surface area contributed by atoms with Gasteiger partial charge in [-0.3, -0.25) is 4.79 Å². The second-order valence-electron chi connectivity index (χ2n) is 6.93. The second kappa shape index (κ2) is 7.20. The quantitative estimate of drug-likeness (QED) is 0.760. The van der Waals surface area contributed by atoms with E-state index >= 15 is 0 Å². The largest absolute Gasteiger partial charge is 0.487 e. The van der Waals surface area contributed by atoms with Crippen LogP contribution in [0.4, 0.5) is 0 Å². The topological polar surface area (TPSA) is 55.6 Å². The molecule has 1 amide bonds. The predicted molar refractivity (Wildman–Crippen MR) is 100 cm³/mol. The summed E-state index contributed by atoms with van der Waals surface area (Å²) in [6.07, 6.45) is 8.51. The molecular formula is C21H23N3O2. The molecule has 0 radical (unpaired) electrons. The Morgan fingerprint density at radius 3 is 2.92 bits per heavy atom. The zero-order valence-electron chi connectivity index (χ0n) is 14.9. The number of nitrogens with one attached hydrogen (secondary N) is 1. The van der Waals surface area contributed by atoms with Gasteiger partial charge in [-0.15, -0.1) is 0 Å². The van der Waals surface area contributed by atoms with E-state index in [9.17, 15) is 4.79 Å². The fourth-order valence-electron chi connectivity index (χ4n) is 3.50. The van der Waals surface area contributed by atoms with Gasteiger partial charge in [-0.2, -0.15) is 0 Å². The molecule has 134 valence electrons. The Bertz CT molecular complexity index is 926. The molecule has 4 rings (SSSR count). The summed E-state index contributed by atoms with van der Waals surface area (Å²) in [6.45, 7) is 2.41.